The quantitative estimate of drug-likeness (QED) is 0.744. The Morgan fingerprint density at radius 3 is 2.72 bits per heavy atom. The van der Waals surface area contributed by atoms with E-state index in [1.165, 1.54) is 0 Å². The van der Waals surface area contributed by atoms with Crippen LogP contribution in [-0.4, -0.2) is 25.0 Å². The van der Waals surface area contributed by atoms with E-state index in [0.29, 0.717) is 13.2 Å². The van der Waals surface area contributed by atoms with Crippen LogP contribution in [-0.2, 0) is 9.59 Å². The fourth-order valence-corrected chi connectivity index (χ4v) is 4.34. The van der Waals surface area contributed by atoms with Gasteiger partial charge in [0.25, 0.3) is 0 Å². The van der Waals surface area contributed by atoms with Crippen molar-refractivity contribution in [3.05, 3.63) is 72.3 Å². The fourth-order valence-electron chi connectivity index (χ4n) is 4.34. The van der Waals surface area contributed by atoms with Crippen molar-refractivity contribution in [1.29, 1.82) is 0 Å². The zero-order valence-corrected chi connectivity index (χ0v) is 16.0. The number of nitrogens with one attached hydrogen (secondary N) is 1. The SMILES string of the molecule is O=C(NC1CCOc2ccccc21)C1CC(=O)N(c2cccc3ccccc23)C1. The molecule has 3 aromatic rings. The summed E-state index contributed by atoms with van der Waals surface area (Å²) in [5.41, 5.74) is 1.88. The van der Waals surface area contributed by atoms with Crippen LogP contribution >= 0.6 is 0 Å². The number of carbonyl (C=O) groups is 2. The number of rotatable bonds is 3. The summed E-state index contributed by atoms with van der Waals surface area (Å²) in [5, 5.41) is 5.27. The van der Waals surface area contributed by atoms with Gasteiger partial charge in [-0.25, -0.2) is 0 Å². The lowest BCUT2D eigenvalue weighted by Crippen LogP contribution is -2.37. The summed E-state index contributed by atoms with van der Waals surface area (Å²) in [4.78, 5) is 27.5. The second-order valence-corrected chi connectivity index (χ2v) is 7.64. The lowest BCUT2D eigenvalue weighted by molar-refractivity contribution is -0.127. The lowest BCUT2D eigenvalue weighted by atomic mass is 9.99. The lowest BCUT2D eigenvalue weighted by Gasteiger charge is -2.27. The van der Waals surface area contributed by atoms with E-state index in [-0.39, 0.29) is 30.2 Å². The summed E-state index contributed by atoms with van der Waals surface area (Å²) >= 11 is 0. The minimum atomic E-state index is -0.350. The van der Waals surface area contributed by atoms with Crippen molar-refractivity contribution in [3.8, 4) is 5.75 Å². The molecule has 0 radical (unpaired) electrons. The number of amides is 2. The minimum absolute atomic E-state index is 0.00567. The number of anilines is 1. The highest BCUT2D eigenvalue weighted by molar-refractivity contribution is 6.07. The molecule has 2 atom stereocenters. The first-order chi connectivity index (χ1) is 14.2. The first-order valence-electron chi connectivity index (χ1n) is 10.0. The largest absolute Gasteiger partial charge is 0.493 e. The van der Waals surface area contributed by atoms with Gasteiger partial charge >= 0.3 is 0 Å². The molecule has 5 heteroatoms. The predicted molar refractivity (Wildman–Crippen MR) is 112 cm³/mol. The number of ether oxygens (including phenoxy) is 1. The van der Waals surface area contributed by atoms with Crippen molar-refractivity contribution in [3.63, 3.8) is 0 Å². The molecule has 2 aliphatic heterocycles. The van der Waals surface area contributed by atoms with Crippen LogP contribution in [0.5, 0.6) is 5.75 Å². The Morgan fingerprint density at radius 1 is 1.00 bits per heavy atom. The number of hydrogen-bond acceptors (Lipinski definition) is 3. The summed E-state index contributed by atoms with van der Waals surface area (Å²) < 4.78 is 5.68. The number of fused-ring (bicyclic) bond motifs is 2. The number of benzene rings is 3. The number of hydrogen-bond donors (Lipinski definition) is 1. The van der Waals surface area contributed by atoms with Gasteiger partial charge in [-0.1, -0.05) is 54.6 Å². The molecule has 2 unspecified atom stereocenters. The van der Waals surface area contributed by atoms with E-state index in [4.69, 9.17) is 4.74 Å². The predicted octanol–water partition coefficient (Wildman–Crippen LogP) is 3.83. The summed E-state index contributed by atoms with van der Waals surface area (Å²) in [5.74, 6) is 0.400. The molecule has 2 amide bonds. The van der Waals surface area contributed by atoms with E-state index < -0.39 is 0 Å². The Labute approximate surface area is 169 Å². The third-order valence-electron chi connectivity index (χ3n) is 5.83. The first kappa shape index (κ1) is 17.7. The highest BCUT2D eigenvalue weighted by Gasteiger charge is 2.37. The van der Waals surface area contributed by atoms with E-state index in [1.807, 2.05) is 66.7 Å². The molecule has 5 rings (SSSR count). The van der Waals surface area contributed by atoms with Gasteiger partial charge in [0.05, 0.1) is 24.3 Å². The second-order valence-electron chi connectivity index (χ2n) is 7.64. The van der Waals surface area contributed by atoms with E-state index in [9.17, 15) is 9.59 Å². The van der Waals surface area contributed by atoms with Gasteiger partial charge in [0, 0.05) is 30.3 Å². The van der Waals surface area contributed by atoms with Crippen molar-refractivity contribution in [2.45, 2.75) is 18.9 Å². The number of para-hydroxylation sites is 1. The zero-order valence-electron chi connectivity index (χ0n) is 16.0. The van der Waals surface area contributed by atoms with Gasteiger partial charge in [0.1, 0.15) is 5.75 Å². The molecule has 3 aromatic carbocycles. The van der Waals surface area contributed by atoms with Crippen molar-refractivity contribution in [2.75, 3.05) is 18.1 Å². The standard InChI is InChI=1S/C24H22N2O3/c27-23-14-17(15-26(23)21-10-5-7-16-6-1-2-8-18(16)21)24(28)25-20-12-13-29-22-11-4-3-9-19(20)22/h1-11,17,20H,12-15H2,(H,25,28). The van der Waals surface area contributed by atoms with Crippen LogP contribution in [0.1, 0.15) is 24.4 Å². The van der Waals surface area contributed by atoms with Crippen LogP contribution in [0.2, 0.25) is 0 Å². The van der Waals surface area contributed by atoms with E-state index in [2.05, 4.69) is 5.32 Å². The maximum Gasteiger partial charge on any atom is 0.227 e. The molecule has 2 aliphatic rings. The third-order valence-corrected chi connectivity index (χ3v) is 5.83. The van der Waals surface area contributed by atoms with Gasteiger partial charge in [-0.3, -0.25) is 9.59 Å². The van der Waals surface area contributed by atoms with Crippen LogP contribution in [0.15, 0.2) is 66.7 Å². The van der Waals surface area contributed by atoms with Gasteiger partial charge in [-0.2, -0.15) is 0 Å². The zero-order chi connectivity index (χ0) is 19.8. The molecule has 1 N–H and O–H groups in total. The maximum atomic E-state index is 13.0. The molecule has 1 fully saturated rings. The molecule has 1 saturated heterocycles. The van der Waals surface area contributed by atoms with Crippen LogP contribution in [0, 0.1) is 5.92 Å². The van der Waals surface area contributed by atoms with Gasteiger partial charge in [-0.15, -0.1) is 0 Å². The van der Waals surface area contributed by atoms with Crippen LogP contribution < -0.4 is 15.0 Å². The summed E-state index contributed by atoms with van der Waals surface area (Å²) in [7, 11) is 0. The molecule has 29 heavy (non-hydrogen) atoms. The highest BCUT2D eigenvalue weighted by Crippen LogP contribution is 2.34. The number of carbonyl (C=O) groups excluding carboxylic acids is 2. The van der Waals surface area contributed by atoms with Crippen molar-refractivity contribution >= 4 is 28.3 Å². The Bertz CT molecular complexity index is 1090. The fraction of sp³-hybridized carbons (Fsp3) is 0.250. The normalized spacial score (nSPS) is 21.0. The molecule has 0 spiro atoms. The maximum absolute atomic E-state index is 13.0. The van der Waals surface area contributed by atoms with Gasteiger partial charge < -0.3 is 15.0 Å². The molecule has 0 bridgehead atoms. The van der Waals surface area contributed by atoms with E-state index in [1.54, 1.807) is 4.90 Å². The summed E-state index contributed by atoms with van der Waals surface area (Å²) in [6.45, 7) is 0.983. The molecule has 2 heterocycles. The Balaban J connectivity index is 1.35. The molecule has 0 saturated carbocycles. The Morgan fingerprint density at radius 2 is 1.79 bits per heavy atom. The molecule has 0 aromatic heterocycles. The van der Waals surface area contributed by atoms with Crippen LogP contribution in [0.4, 0.5) is 5.69 Å². The summed E-state index contributed by atoms with van der Waals surface area (Å²) in [6.07, 6.45) is 0.969. The van der Waals surface area contributed by atoms with Crippen molar-refractivity contribution < 1.29 is 14.3 Å². The molecular weight excluding hydrogens is 364 g/mol. The van der Waals surface area contributed by atoms with Gasteiger partial charge in [0.2, 0.25) is 11.8 Å². The van der Waals surface area contributed by atoms with Crippen LogP contribution in [0.25, 0.3) is 10.8 Å². The molecule has 5 nitrogen and oxygen atoms in total. The smallest absolute Gasteiger partial charge is 0.227 e. The minimum Gasteiger partial charge on any atom is -0.493 e. The number of nitrogens with zero attached hydrogens (tertiary/aromatic N) is 1. The van der Waals surface area contributed by atoms with Crippen LogP contribution in [0.3, 0.4) is 0 Å². The average molecular weight is 386 g/mol. The second kappa shape index (κ2) is 7.24. The van der Waals surface area contributed by atoms with Crippen molar-refractivity contribution in [2.24, 2.45) is 5.92 Å². The molecular formula is C24H22N2O3. The monoisotopic (exact) mass is 386 g/mol. The van der Waals surface area contributed by atoms with Gasteiger partial charge in [0.15, 0.2) is 0 Å². The Kier molecular flexibility index (Phi) is 4.43. The first-order valence-corrected chi connectivity index (χ1v) is 10.0. The van der Waals surface area contributed by atoms with E-state index in [0.717, 1.165) is 34.2 Å². The highest BCUT2D eigenvalue weighted by atomic mass is 16.5. The van der Waals surface area contributed by atoms with Crippen molar-refractivity contribution in [1.82, 2.24) is 5.32 Å². The topological polar surface area (TPSA) is 58.6 Å². The summed E-state index contributed by atoms with van der Waals surface area (Å²) in [6, 6.07) is 21.7. The molecule has 0 aliphatic carbocycles. The third kappa shape index (κ3) is 3.23. The average Bonchev–Trinajstić information content (AvgIpc) is 3.15. The van der Waals surface area contributed by atoms with E-state index >= 15 is 0 Å². The van der Waals surface area contributed by atoms with Gasteiger partial charge in [-0.05, 0) is 17.5 Å². The Hall–Kier alpha value is -3.34. The molecule has 146 valence electrons.